The molecule has 4 nitrogen and oxygen atoms in total. The average molecular weight is 173 g/mol. The molecule has 2 atom stereocenters. The van der Waals surface area contributed by atoms with Gasteiger partial charge in [-0.2, -0.15) is 0 Å². The van der Waals surface area contributed by atoms with Crippen molar-refractivity contribution in [3.05, 3.63) is 0 Å². The summed E-state index contributed by atoms with van der Waals surface area (Å²) in [5, 5.41) is 2.69. The van der Waals surface area contributed by atoms with Gasteiger partial charge in [-0.25, -0.2) is 4.79 Å². The van der Waals surface area contributed by atoms with Crippen LogP contribution >= 0.6 is 0 Å². The second-order valence-electron chi connectivity index (χ2n) is 2.98. The first-order chi connectivity index (χ1) is 5.74. The Hall–Kier alpha value is -0.770. The summed E-state index contributed by atoms with van der Waals surface area (Å²) in [5.74, 6) is 0. The Morgan fingerprint density at radius 2 is 2.50 bits per heavy atom. The van der Waals surface area contributed by atoms with Crippen molar-refractivity contribution in [2.24, 2.45) is 0 Å². The van der Waals surface area contributed by atoms with Crippen LogP contribution in [0.5, 0.6) is 0 Å². The monoisotopic (exact) mass is 173 g/mol. The number of alkyl carbamates (subject to hydrolysis) is 1. The van der Waals surface area contributed by atoms with E-state index < -0.39 is 6.09 Å². The zero-order valence-electron chi connectivity index (χ0n) is 7.50. The predicted molar refractivity (Wildman–Crippen MR) is 44.0 cm³/mol. The largest absolute Gasteiger partial charge is 0.453 e. The summed E-state index contributed by atoms with van der Waals surface area (Å²) in [6.45, 7) is 2.73. The van der Waals surface area contributed by atoms with Crippen LogP contribution in [0.4, 0.5) is 4.79 Å². The van der Waals surface area contributed by atoms with Gasteiger partial charge in [-0.05, 0) is 19.8 Å². The van der Waals surface area contributed by atoms with Crippen molar-refractivity contribution >= 4 is 6.09 Å². The van der Waals surface area contributed by atoms with E-state index in [0.29, 0.717) is 0 Å². The maximum Gasteiger partial charge on any atom is 0.407 e. The number of carbonyl (C=O) groups is 1. The average Bonchev–Trinajstić information content (AvgIpc) is 2.56. The molecular formula is C8H15NO3. The fourth-order valence-electron chi connectivity index (χ4n) is 1.33. The predicted octanol–water partition coefficient (Wildman–Crippen LogP) is 0.910. The van der Waals surface area contributed by atoms with Gasteiger partial charge in [-0.1, -0.05) is 0 Å². The number of ether oxygens (including phenoxy) is 2. The van der Waals surface area contributed by atoms with Crippen molar-refractivity contribution in [2.45, 2.75) is 31.9 Å². The fraction of sp³-hybridized carbons (Fsp3) is 0.875. The van der Waals surface area contributed by atoms with Crippen LogP contribution in [0.3, 0.4) is 0 Å². The lowest BCUT2D eigenvalue weighted by Gasteiger charge is -2.18. The topological polar surface area (TPSA) is 47.6 Å². The molecule has 1 heterocycles. The molecule has 0 aromatic heterocycles. The fourth-order valence-corrected chi connectivity index (χ4v) is 1.33. The summed E-state index contributed by atoms with van der Waals surface area (Å²) in [5.41, 5.74) is 0. The summed E-state index contributed by atoms with van der Waals surface area (Å²) >= 11 is 0. The van der Waals surface area contributed by atoms with Crippen LogP contribution < -0.4 is 5.32 Å². The molecule has 1 saturated heterocycles. The van der Waals surface area contributed by atoms with Gasteiger partial charge < -0.3 is 14.8 Å². The van der Waals surface area contributed by atoms with Gasteiger partial charge in [-0.15, -0.1) is 0 Å². The van der Waals surface area contributed by atoms with E-state index in [0.717, 1.165) is 19.4 Å². The molecule has 12 heavy (non-hydrogen) atoms. The van der Waals surface area contributed by atoms with Gasteiger partial charge in [0.2, 0.25) is 0 Å². The Morgan fingerprint density at radius 1 is 1.75 bits per heavy atom. The highest BCUT2D eigenvalue weighted by Gasteiger charge is 2.23. The van der Waals surface area contributed by atoms with Gasteiger partial charge in [0, 0.05) is 6.61 Å². The van der Waals surface area contributed by atoms with Crippen LogP contribution in [0, 0.1) is 0 Å². The van der Waals surface area contributed by atoms with Crippen molar-refractivity contribution < 1.29 is 14.3 Å². The second-order valence-corrected chi connectivity index (χ2v) is 2.98. The summed E-state index contributed by atoms with van der Waals surface area (Å²) in [4.78, 5) is 10.8. The molecule has 1 amide bonds. The Balaban J connectivity index is 2.26. The van der Waals surface area contributed by atoms with Gasteiger partial charge in [0.15, 0.2) is 0 Å². The number of amides is 1. The standard InChI is InChI=1S/C8H15NO3/c1-6(9-8(10)11-2)7-4-3-5-12-7/h6-7H,3-5H2,1-2H3,(H,9,10). The van der Waals surface area contributed by atoms with E-state index in [-0.39, 0.29) is 12.1 Å². The molecule has 1 N–H and O–H groups in total. The number of methoxy groups -OCH3 is 1. The molecule has 1 fully saturated rings. The van der Waals surface area contributed by atoms with E-state index in [4.69, 9.17) is 4.74 Å². The van der Waals surface area contributed by atoms with Crippen molar-refractivity contribution in [3.8, 4) is 0 Å². The molecule has 1 rings (SSSR count). The highest BCUT2D eigenvalue weighted by molar-refractivity contribution is 5.67. The van der Waals surface area contributed by atoms with Crippen molar-refractivity contribution in [3.63, 3.8) is 0 Å². The molecule has 0 aromatic rings. The molecule has 1 aliphatic rings. The van der Waals surface area contributed by atoms with E-state index in [1.807, 2.05) is 6.92 Å². The van der Waals surface area contributed by atoms with Crippen LogP contribution in [-0.4, -0.2) is 32.0 Å². The van der Waals surface area contributed by atoms with Gasteiger partial charge in [0.25, 0.3) is 0 Å². The third-order valence-electron chi connectivity index (χ3n) is 2.05. The summed E-state index contributed by atoms with van der Waals surface area (Å²) in [7, 11) is 1.36. The molecule has 0 aromatic carbocycles. The molecular weight excluding hydrogens is 158 g/mol. The number of hydrogen-bond acceptors (Lipinski definition) is 3. The second kappa shape index (κ2) is 4.30. The molecule has 0 bridgehead atoms. The molecule has 4 heteroatoms. The first kappa shape index (κ1) is 9.32. The lowest BCUT2D eigenvalue weighted by Crippen LogP contribution is -2.40. The SMILES string of the molecule is COC(=O)NC(C)C1CCCO1. The maximum atomic E-state index is 10.8. The molecule has 0 radical (unpaired) electrons. The molecule has 0 spiro atoms. The van der Waals surface area contributed by atoms with E-state index >= 15 is 0 Å². The van der Waals surface area contributed by atoms with Crippen LogP contribution in [0.15, 0.2) is 0 Å². The number of hydrogen-bond donors (Lipinski definition) is 1. The van der Waals surface area contributed by atoms with Crippen LogP contribution in [0.25, 0.3) is 0 Å². The number of rotatable bonds is 2. The first-order valence-corrected chi connectivity index (χ1v) is 4.20. The van der Waals surface area contributed by atoms with E-state index in [2.05, 4.69) is 10.1 Å². The van der Waals surface area contributed by atoms with Crippen LogP contribution in [-0.2, 0) is 9.47 Å². The molecule has 70 valence electrons. The summed E-state index contributed by atoms with van der Waals surface area (Å²) in [6, 6.07) is 0.0416. The van der Waals surface area contributed by atoms with Crippen LogP contribution in [0.1, 0.15) is 19.8 Å². The minimum atomic E-state index is -0.391. The molecule has 0 saturated carbocycles. The Kier molecular flexibility index (Phi) is 3.34. The lowest BCUT2D eigenvalue weighted by atomic mass is 10.1. The minimum Gasteiger partial charge on any atom is -0.453 e. The van der Waals surface area contributed by atoms with Gasteiger partial charge in [0.1, 0.15) is 0 Å². The van der Waals surface area contributed by atoms with Gasteiger partial charge in [0.05, 0.1) is 19.3 Å². The number of carbonyl (C=O) groups excluding carboxylic acids is 1. The summed E-state index contributed by atoms with van der Waals surface area (Å²) < 4.78 is 9.86. The Bertz CT molecular complexity index is 154. The Labute approximate surface area is 72.2 Å². The van der Waals surface area contributed by atoms with Crippen molar-refractivity contribution in [2.75, 3.05) is 13.7 Å². The normalized spacial score (nSPS) is 25.0. The maximum absolute atomic E-state index is 10.8. The van der Waals surface area contributed by atoms with Gasteiger partial charge in [-0.3, -0.25) is 0 Å². The van der Waals surface area contributed by atoms with E-state index in [1.54, 1.807) is 0 Å². The summed E-state index contributed by atoms with van der Waals surface area (Å²) in [6.07, 6.45) is 1.87. The quantitative estimate of drug-likeness (QED) is 0.675. The zero-order valence-corrected chi connectivity index (χ0v) is 7.50. The smallest absolute Gasteiger partial charge is 0.407 e. The third kappa shape index (κ3) is 2.37. The van der Waals surface area contributed by atoms with Crippen LogP contribution in [0.2, 0.25) is 0 Å². The minimum absolute atomic E-state index is 0.0416. The highest BCUT2D eigenvalue weighted by atomic mass is 16.5. The van der Waals surface area contributed by atoms with Crippen molar-refractivity contribution in [1.29, 1.82) is 0 Å². The van der Waals surface area contributed by atoms with E-state index in [9.17, 15) is 4.79 Å². The highest BCUT2D eigenvalue weighted by Crippen LogP contribution is 2.15. The molecule has 2 unspecified atom stereocenters. The number of nitrogens with one attached hydrogen (secondary N) is 1. The Morgan fingerprint density at radius 3 is 3.00 bits per heavy atom. The molecule has 0 aliphatic carbocycles. The van der Waals surface area contributed by atoms with Gasteiger partial charge >= 0.3 is 6.09 Å². The third-order valence-corrected chi connectivity index (χ3v) is 2.05. The zero-order chi connectivity index (χ0) is 8.97. The first-order valence-electron chi connectivity index (χ1n) is 4.20. The lowest BCUT2D eigenvalue weighted by molar-refractivity contribution is 0.0800. The van der Waals surface area contributed by atoms with E-state index in [1.165, 1.54) is 7.11 Å². The van der Waals surface area contributed by atoms with Crippen molar-refractivity contribution in [1.82, 2.24) is 5.32 Å². The molecule has 1 aliphatic heterocycles.